The maximum absolute atomic E-state index is 15.3. The molecule has 4 aromatic heterocycles. The van der Waals surface area contributed by atoms with Gasteiger partial charge in [0.1, 0.15) is 41.9 Å². The Morgan fingerprint density at radius 3 is 2.30 bits per heavy atom. The molecule has 69 heavy (non-hydrogen) atoms. The summed E-state index contributed by atoms with van der Waals surface area (Å²) in [6, 6.07) is 2.08. The third-order valence-corrected chi connectivity index (χ3v) is 15.0. The number of amides is 3. The maximum atomic E-state index is 15.3. The van der Waals surface area contributed by atoms with Gasteiger partial charge in [-0.1, -0.05) is 5.16 Å². The summed E-state index contributed by atoms with van der Waals surface area (Å²) in [5.41, 5.74) is 9.73. The molecular weight excluding hydrogens is 891 g/mol. The van der Waals surface area contributed by atoms with Crippen molar-refractivity contribution in [1.82, 2.24) is 54.9 Å². The minimum atomic E-state index is -0.727. The minimum Gasteiger partial charge on any atom is -0.448 e. The molecule has 6 aliphatic rings. The Labute approximate surface area is 397 Å². The summed E-state index contributed by atoms with van der Waals surface area (Å²) in [7, 11) is 0. The first-order valence-electron chi connectivity index (χ1n) is 24.2. The van der Waals surface area contributed by atoms with Crippen LogP contribution in [-0.2, 0) is 19.9 Å². The number of carbonyl (C=O) groups is 3. The molecule has 5 aromatic rings. The molecule has 364 valence electrons. The quantitative estimate of drug-likeness (QED) is 0.144. The van der Waals surface area contributed by atoms with Gasteiger partial charge in [-0.05, 0) is 102 Å². The lowest BCUT2D eigenvalue weighted by Crippen LogP contribution is -2.63. The van der Waals surface area contributed by atoms with Crippen LogP contribution in [0.4, 0.5) is 30.8 Å². The second kappa shape index (κ2) is 17.6. The topological polar surface area (TPSA) is 219 Å². The number of piperidine rings is 2. The van der Waals surface area contributed by atoms with Crippen molar-refractivity contribution >= 4 is 46.1 Å². The molecule has 2 aliphatic carbocycles. The lowest BCUT2D eigenvalue weighted by Gasteiger charge is -2.58. The van der Waals surface area contributed by atoms with Crippen molar-refractivity contribution in [3.8, 4) is 22.8 Å². The number of rotatable bonds is 11. The number of piperazine rings is 1. The van der Waals surface area contributed by atoms with Crippen LogP contribution in [-0.4, -0.2) is 145 Å². The van der Waals surface area contributed by atoms with Gasteiger partial charge in [-0.2, -0.15) is 5.10 Å². The highest BCUT2D eigenvalue weighted by atomic mass is 19.1. The van der Waals surface area contributed by atoms with Gasteiger partial charge in [0.05, 0.1) is 16.5 Å². The normalized spacial score (nSPS) is 21.7. The molecule has 8 heterocycles. The molecule has 3 amide bonds. The monoisotopic (exact) mass is 948 g/mol. The Bertz CT molecular complexity index is 2750. The second-order valence-electron chi connectivity index (χ2n) is 20.9. The average molecular weight is 949 g/mol. The van der Waals surface area contributed by atoms with Gasteiger partial charge in [0.15, 0.2) is 28.9 Å². The fourth-order valence-electron chi connectivity index (χ4n) is 11.1. The highest BCUT2D eigenvalue weighted by Crippen LogP contribution is 2.56. The predicted molar refractivity (Wildman–Crippen MR) is 250 cm³/mol. The summed E-state index contributed by atoms with van der Waals surface area (Å²) in [5, 5.41) is 15.2. The molecule has 1 atom stereocenters. The van der Waals surface area contributed by atoms with E-state index in [0.717, 1.165) is 68.5 Å². The third kappa shape index (κ3) is 8.72. The van der Waals surface area contributed by atoms with Gasteiger partial charge >= 0.3 is 6.09 Å². The second-order valence-corrected chi connectivity index (χ2v) is 20.9. The SMILES string of the molecule is CC(C)(C)n1nc(-c2noc(C3CC3)c2-c2ncc(C3CC4(C3)CN(C(=O)OCCN3CCC(N5CCN(c6c(F)cc(NC7CCC(=O)NC7=O)cc6F)CC5)CC3)C4)cn2)c2c(N)ncnc21. The molecule has 1 unspecified atom stereocenters. The first kappa shape index (κ1) is 45.1. The summed E-state index contributed by atoms with van der Waals surface area (Å²) in [6.07, 6.45) is 11.3. The maximum Gasteiger partial charge on any atom is 0.409 e. The van der Waals surface area contributed by atoms with Gasteiger partial charge in [-0.15, -0.1) is 0 Å². The van der Waals surface area contributed by atoms with E-state index in [2.05, 4.69) is 56.3 Å². The number of likely N-dealkylation sites (tertiary alicyclic amines) is 2. The molecule has 21 heteroatoms. The van der Waals surface area contributed by atoms with E-state index in [1.165, 1.54) is 18.5 Å². The Balaban J connectivity index is 0.616. The van der Waals surface area contributed by atoms with E-state index >= 15 is 8.78 Å². The molecule has 19 nitrogen and oxygen atoms in total. The number of halogens is 2. The van der Waals surface area contributed by atoms with Crippen molar-refractivity contribution in [2.75, 3.05) is 81.5 Å². The Kier molecular flexibility index (Phi) is 11.5. The summed E-state index contributed by atoms with van der Waals surface area (Å²) in [4.78, 5) is 63.5. The fraction of sp³-hybridized carbons (Fsp3) is 0.562. The molecule has 4 N–H and O–H groups in total. The number of nitrogens with zero attached hydrogens (tertiary/aromatic N) is 11. The van der Waals surface area contributed by atoms with E-state index in [4.69, 9.17) is 30.1 Å². The van der Waals surface area contributed by atoms with Crippen molar-refractivity contribution < 1.29 is 32.4 Å². The summed E-state index contributed by atoms with van der Waals surface area (Å²) in [6.45, 7) is 12.7. The van der Waals surface area contributed by atoms with E-state index in [1.807, 2.05) is 22.0 Å². The van der Waals surface area contributed by atoms with Gasteiger partial charge in [-0.25, -0.2) is 38.2 Å². The number of nitrogens with two attached hydrogens (primary N) is 1. The number of anilines is 3. The zero-order valence-electron chi connectivity index (χ0n) is 39.2. The molecule has 1 aromatic carbocycles. The highest BCUT2D eigenvalue weighted by Gasteiger charge is 2.54. The van der Waals surface area contributed by atoms with Crippen LogP contribution in [0.2, 0.25) is 0 Å². The Hall–Kier alpha value is -6.35. The Morgan fingerprint density at radius 2 is 1.64 bits per heavy atom. The molecule has 6 fully saturated rings. The van der Waals surface area contributed by atoms with Crippen molar-refractivity contribution in [2.45, 2.75) is 102 Å². The van der Waals surface area contributed by atoms with Crippen LogP contribution in [0.25, 0.3) is 33.8 Å². The Morgan fingerprint density at radius 1 is 0.928 bits per heavy atom. The first-order chi connectivity index (χ1) is 33.2. The van der Waals surface area contributed by atoms with E-state index in [9.17, 15) is 14.4 Å². The minimum absolute atomic E-state index is 0.0591. The third-order valence-electron chi connectivity index (χ3n) is 15.0. The zero-order valence-corrected chi connectivity index (χ0v) is 39.2. The van der Waals surface area contributed by atoms with Crippen molar-refractivity contribution in [1.29, 1.82) is 0 Å². The fourth-order valence-corrected chi connectivity index (χ4v) is 11.1. The highest BCUT2D eigenvalue weighted by molar-refractivity contribution is 6.02. The van der Waals surface area contributed by atoms with Crippen LogP contribution in [0.3, 0.4) is 0 Å². The number of ether oxygens (including phenoxy) is 1. The van der Waals surface area contributed by atoms with Crippen LogP contribution in [0.15, 0.2) is 35.4 Å². The zero-order chi connectivity index (χ0) is 47.8. The largest absolute Gasteiger partial charge is 0.448 e. The van der Waals surface area contributed by atoms with E-state index < -0.39 is 23.6 Å². The number of nitrogen functional groups attached to an aromatic ring is 1. The van der Waals surface area contributed by atoms with Crippen LogP contribution >= 0.6 is 0 Å². The summed E-state index contributed by atoms with van der Waals surface area (Å²) < 4.78 is 44.1. The number of hydrogen-bond donors (Lipinski definition) is 3. The molecule has 2 saturated carbocycles. The number of benzene rings is 1. The summed E-state index contributed by atoms with van der Waals surface area (Å²) in [5.74, 6) is -0.0773. The number of carbonyl (C=O) groups excluding carboxylic acids is 3. The van der Waals surface area contributed by atoms with Crippen molar-refractivity contribution in [3.63, 3.8) is 0 Å². The van der Waals surface area contributed by atoms with Crippen LogP contribution in [0, 0.1) is 17.0 Å². The molecule has 1 spiro atoms. The van der Waals surface area contributed by atoms with Crippen LogP contribution in [0.1, 0.15) is 95.3 Å². The van der Waals surface area contributed by atoms with Gasteiger partial charge in [0.25, 0.3) is 0 Å². The number of hydrogen-bond acceptors (Lipinski definition) is 16. The van der Waals surface area contributed by atoms with E-state index in [1.54, 1.807) is 4.90 Å². The lowest BCUT2D eigenvalue weighted by molar-refractivity contribution is -0.133. The smallest absolute Gasteiger partial charge is 0.409 e. The number of aromatic nitrogens is 7. The molecule has 0 bridgehead atoms. The molecular formula is C48H58F2N14O5. The van der Waals surface area contributed by atoms with Crippen LogP contribution < -0.4 is 21.3 Å². The summed E-state index contributed by atoms with van der Waals surface area (Å²) >= 11 is 0. The molecule has 0 radical (unpaired) electrons. The van der Waals surface area contributed by atoms with Crippen molar-refractivity contribution in [2.24, 2.45) is 5.41 Å². The van der Waals surface area contributed by atoms with Gasteiger partial charge in [0.2, 0.25) is 11.8 Å². The van der Waals surface area contributed by atoms with E-state index in [-0.39, 0.29) is 53.1 Å². The first-order valence-corrected chi connectivity index (χ1v) is 24.2. The number of fused-ring (bicyclic) bond motifs is 1. The number of nitrogens with one attached hydrogen (secondary N) is 2. The van der Waals surface area contributed by atoms with Gasteiger partial charge in [-0.3, -0.25) is 24.7 Å². The van der Waals surface area contributed by atoms with Gasteiger partial charge < -0.3 is 30.1 Å². The lowest BCUT2D eigenvalue weighted by atomic mass is 9.56. The van der Waals surface area contributed by atoms with E-state index in [0.29, 0.717) is 98.4 Å². The average Bonchev–Trinajstić information content (AvgIpc) is 3.91. The standard InChI is InChI=1S/C48H58F2N14O5/c1-47(2,3)64-44-37(42(51)54-26-55-44)38(58-64)39-36(41(69-59-39)27-4-5-27)43-52-22-29(23-53-43)28-20-48(21-28)24-63(25-48)46(67)68-17-16-60-10-8-31(9-11-60)61-12-14-62(15-13-61)40-32(49)18-30(19-33(40)50)56-34-6-7-35(65)57-45(34)66/h18-19,22-23,26-28,31,34,56H,4-17,20-21,24-25H2,1-3H3,(H2,51,54,55)(H,57,65,66). The molecule has 4 saturated heterocycles. The molecule has 11 rings (SSSR count). The van der Waals surface area contributed by atoms with Crippen molar-refractivity contribution in [3.05, 3.63) is 53.8 Å². The molecule has 4 aliphatic heterocycles. The number of imide groups is 1. The van der Waals surface area contributed by atoms with Gasteiger partial charge in [0, 0.05) is 87.7 Å². The predicted octanol–water partition coefficient (Wildman–Crippen LogP) is 5.25. The van der Waals surface area contributed by atoms with Crippen LogP contribution in [0.5, 0.6) is 0 Å².